The normalized spacial score (nSPS) is 11.9. The summed E-state index contributed by atoms with van der Waals surface area (Å²) in [5.41, 5.74) is 8.29. The summed E-state index contributed by atoms with van der Waals surface area (Å²) in [6, 6.07) is 33.3. The third-order valence-corrected chi connectivity index (χ3v) is 22.8. The summed E-state index contributed by atoms with van der Waals surface area (Å²) in [6.07, 6.45) is 34.2. The Morgan fingerprint density at radius 1 is 0.400 bits per heavy atom. The maximum atomic E-state index is 11.6. The molecule has 4 aromatic heterocycles. The first-order valence-electron chi connectivity index (χ1n) is 38.0. The molecule has 568 valence electrons. The molecule has 0 saturated heterocycles. The molecule has 4 heterocycles. The number of allylic oxidation sites excluding steroid dienone is 1. The zero-order valence-electron chi connectivity index (χ0n) is 64.5. The van der Waals surface area contributed by atoms with E-state index in [0.717, 1.165) is 231 Å². The van der Waals surface area contributed by atoms with Gasteiger partial charge in [-0.15, -0.1) is 45.3 Å². The van der Waals surface area contributed by atoms with E-state index in [9.17, 15) is 9.13 Å². The Morgan fingerprint density at radius 2 is 0.800 bits per heavy atom. The lowest BCUT2D eigenvalue weighted by atomic mass is 9.97. The Labute approximate surface area is 647 Å². The third-order valence-electron chi connectivity index (χ3n) is 16.9. The number of aryl methyl sites for hydroxylation is 1. The Morgan fingerprint density at radius 3 is 1.22 bits per heavy atom. The fourth-order valence-corrected chi connectivity index (χ4v) is 16.2. The lowest BCUT2D eigenvalue weighted by Gasteiger charge is -2.19. The topological polar surface area (TPSA) is 126 Å². The number of benzene rings is 4. The molecule has 8 aromatic rings. The molecule has 1 atom stereocenters. The van der Waals surface area contributed by atoms with Crippen LogP contribution in [-0.2, 0) is 28.7 Å². The average molecular weight is 1540 g/mol. The van der Waals surface area contributed by atoms with Crippen molar-refractivity contribution in [3.63, 3.8) is 0 Å². The first-order valence-corrected chi connectivity index (χ1v) is 42.9. The number of unbranched alkanes of at least 4 members (excludes halogenated alkanes) is 9. The quantitative estimate of drug-likeness (QED) is 0.0118. The van der Waals surface area contributed by atoms with Gasteiger partial charge in [0.2, 0.25) is 0 Å². The van der Waals surface area contributed by atoms with Crippen LogP contribution >= 0.6 is 62.3 Å². The van der Waals surface area contributed by atoms with Gasteiger partial charge in [-0.05, 0) is 192 Å². The summed E-state index contributed by atoms with van der Waals surface area (Å²) in [7, 11) is 1.78. The van der Waals surface area contributed by atoms with E-state index in [1.807, 2.05) is 76.2 Å². The molecule has 0 saturated carbocycles. The molecule has 18 heteroatoms. The minimum atomic E-state index is 0.000896. The van der Waals surface area contributed by atoms with Gasteiger partial charge in [-0.25, -0.2) is 19.6 Å². The van der Waals surface area contributed by atoms with E-state index in [-0.39, 0.29) is 16.9 Å². The Hall–Kier alpha value is -6.52. The number of methoxy groups -OCH3 is 1. The molecule has 4 aromatic carbocycles. The number of hydrogen-bond acceptors (Lipinski definition) is 16. The van der Waals surface area contributed by atoms with Crippen molar-refractivity contribution in [1.82, 2.24) is 0 Å². The van der Waals surface area contributed by atoms with E-state index >= 15 is 0 Å². The zero-order chi connectivity index (χ0) is 75.4. The predicted octanol–water partition coefficient (Wildman–Crippen LogP) is 27.1. The largest absolute Gasteiger partial charge is 0.496 e. The van der Waals surface area contributed by atoms with E-state index in [0.29, 0.717) is 65.4 Å². The summed E-state index contributed by atoms with van der Waals surface area (Å²) in [5, 5.41) is 1.48. The number of ether oxygens (including phenoxy) is 6. The van der Waals surface area contributed by atoms with Crippen molar-refractivity contribution in [3.05, 3.63) is 146 Å². The van der Waals surface area contributed by atoms with Crippen molar-refractivity contribution in [2.45, 2.75) is 186 Å². The summed E-state index contributed by atoms with van der Waals surface area (Å²) >= 11 is 6.93. The van der Waals surface area contributed by atoms with Gasteiger partial charge in [-0.3, -0.25) is 9.13 Å². The standard InChI is InChI=1S/C79H94O8P2S4.2C4H10O2/c1-10-17-22-46-83-74-70(26-15-6)92-78(76(74)85-48-24-19-12-3)72-44-42-68(90-72)64-53-67(87-54-56(16-7)27-21-14-5)65(52-66(64)82-9)69-43-45-73(91-69)79-77(86-49-25-20-13-4)75(84-47-23-18-11-2)71(93-79)41-36-61-51-59(34-28-57-30-37-62(88-80)38-31-57)55(8)50-60(61)35-29-58-32-39-63(89-81)40-33-58;2*1-3-5-6-4-2/h15,26,28-45,50-53,56H,10-14,16-25,27,46-49,54H2,1-9H3;2*3-4H2,1-2H3/b26-15+,34-28+,35-29+,41-36+;;. The molecular weight excluding hydrogens is 1430 g/mol. The van der Waals surface area contributed by atoms with Crippen LogP contribution in [0, 0.1) is 12.8 Å². The van der Waals surface area contributed by atoms with Crippen LogP contribution in [0.15, 0.2) is 103 Å². The second-order valence-corrected chi connectivity index (χ2v) is 30.7. The monoisotopic (exact) mass is 1540 g/mol. The molecule has 8 rings (SSSR count). The Balaban J connectivity index is 0.00000133. The van der Waals surface area contributed by atoms with Gasteiger partial charge in [-0.2, -0.15) is 0 Å². The molecule has 0 amide bonds. The van der Waals surface area contributed by atoms with Crippen LogP contribution in [0.3, 0.4) is 0 Å². The molecule has 105 heavy (non-hydrogen) atoms. The molecule has 0 radical (unpaired) electrons. The molecule has 0 aliphatic carbocycles. The lowest BCUT2D eigenvalue weighted by molar-refractivity contribution is -0.287. The SMILES string of the molecule is C/C=C/c1sc(-c2ccc(-c3cc(OCC(CC)CCCC)c(-c4ccc(-c5sc(/C=C/c6cc(/C=C/c7ccc(P=O)cc7)c(C)cc6/C=C/c6ccc(P=O)cc6)c(OCCCCC)c5OCCCCC)s4)cc3OC)s2)c(OCCCCC)c1OCCCCC.CCOOCC.CCOOCC. The van der Waals surface area contributed by atoms with E-state index in [1.54, 1.807) is 52.5 Å². The van der Waals surface area contributed by atoms with Gasteiger partial charge in [0.25, 0.3) is 0 Å². The molecule has 0 fully saturated rings. The Kier molecular flexibility index (Phi) is 42.4. The highest BCUT2D eigenvalue weighted by Gasteiger charge is 2.27. The number of hydrogen-bond donors (Lipinski definition) is 0. The summed E-state index contributed by atoms with van der Waals surface area (Å²) < 4.78 is 63.9. The molecule has 1 unspecified atom stereocenters. The van der Waals surface area contributed by atoms with Crippen LogP contribution in [0.2, 0.25) is 0 Å². The van der Waals surface area contributed by atoms with E-state index < -0.39 is 0 Å². The highest BCUT2D eigenvalue weighted by Crippen LogP contribution is 2.55. The van der Waals surface area contributed by atoms with Gasteiger partial charge in [0.05, 0.1) is 86.1 Å². The fourth-order valence-electron chi connectivity index (χ4n) is 11.1. The maximum Gasteiger partial charge on any atom is 0.192 e. The van der Waals surface area contributed by atoms with E-state index in [4.69, 9.17) is 28.4 Å². The molecule has 0 bridgehead atoms. The predicted molar refractivity (Wildman–Crippen MR) is 452 cm³/mol. The second kappa shape index (κ2) is 50.9. The summed E-state index contributed by atoms with van der Waals surface area (Å²) in [5.74, 6) is 5.27. The van der Waals surface area contributed by atoms with E-state index in [2.05, 4.69) is 172 Å². The lowest BCUT2D eigenvalue weighted by Crippen LogP contribution is -2.11. The molecule has 0 spiro atoms. The van der Waals surface area contributed by atoms with Crippen LogP contribution in [0.1, 0.15) is 222 Å². The van der Waals surface area contributed by atoms with Crippen LogP contribution in [0.5, 0.6) is 34.5 Å². The molecule has 0 N–H and O–H groups in total. The van der Waals surface area contributed by atoms with Crippen LogP contribution in [-0.4, -0.2) is 66.6 Å². The summed E-state index contributed by atoms with van der Waals surface area (Å²) in [4.78, 5) is 26.5. The minimum Gasteiger partial charge on any atom is -0.496 e. The van der Waals surface area contributed by atoms with Crippen molar-refractivity contribution in [3.8, 4) is 74.9 Å². The van der Waals surface area contributed by atoms with Crippen LogP contribution in [0.25, 0.3) is 82.9 Å². The molecule has 12 nitrogen and oxygen atoms in total. The van der Waals surface area contributed by atoms with Gasteiger partial charge < -0.3 is 28.4 Å². The van der Waals surface area contributed by atoms with Gasteiger partial charge in [0.15, 0.2) is 39.9 Å². The van der Waals surface area contributed by atoms with Crippen LogP contribution in [0.4, 0.5) is 0 Å². The van der Waals surface area contributed by atoms with E-state index in [1.165, 1.54) is 0 Å². The van der Waals surface area contributed by atoms with Crippen molar-refractivity contribution in [2.24, 2.45) is 5.92 Å². The first-order chi connectivity index (χ1) is 51.4. The molecule has 0 aliphatic rings. The van der Waals surface area contributed by atoms with Gasteiger partial charge >= 0.3 is 0 Å². The zero-order valence-corrected chi connectivity index (χ0v) is 69.6. The van der Waals surface area contributed by atoms with Gasteiger partial charge in [-0.1, -0.05) is 179 Å². The second-order valence-electron chi connectivity index (χ2n) is 25.1. The fraction of sp³-hybridized carbons (Fsp3) is 0.448. The smallest absolute Gasteiger partial charge is 0.192 e. The highest BCUT2D eigenvalue weighted by atomic mass is 32.1. The van der Waals surface area contributed by atoms with Gasteiger partial charge in [0.1, 0.15) is 11.5 Å². The van der Waals surface area contributed by atoms with Gasteiger partial charge in [0, 0.05) is 41.2 Å². The average Bonchev–Trinajstić information content (AvgIpc) is 1.64. The first kappa shape index (κ1) is 87.4. The van der Waals surface area contributed by atoms with Crippen molar-refractivity contribution in [1.29, 1.82) is 0 Å². The van der Waals surface area contributed by atoms with Crippen LogP contribution < -0.4 is 39.0 Å². The van der Waals surface area contributed by atoms with Crippen molar-refractivity contribution >= 4 is 115 Å². The molecular formula is C87H114O12P2S4. The van der Waals surface area contributed by atoms with Crippen molar-refractivity contribution < 1.29 is 57.1 Å². The Bertz CT molecular complexity index is 3900. The maximum absolute atomic E-state index is 11.6. The highest BCUT2D eigenvalue weighted by molar-refractivity contribution is 7.34. The number of thiophene rings is 4. The third kappa shape index (κ3) is 28.5. The van der Waals surface area contributed by atoms with Crippen molar-refractivity contribution in [2.75, 3.05) is 66.6 Å². The minimum absolute atomic E-state index is 0.000896. The molecule has 0 aliphatic heterocycles. The number of rotatable bonds is 47. The summed E-state index contributed by atoms with van der Waals surface area (Å²) in [6.45, 7) is 30.7.